The van der Waals surface area contributed by atoms with Gasteiger partial charge in [0.2, 0.25) is 0 Å². The summed E-state index contributed by atoms with van der Waals surface area (Å²) < 4.78 is 20.5. The van der Waals surface area contributed by atoms with Crippen LogP contribution in [0, 0.1) is 12.7 Å². The van der Waals surface area contributed by atoms with Gasteiger partial charge in [0.1, 0.15) is 11.6 Å². The van der Waals surface area contributed by atoms with E-state index in [-0.39, 0.29) is 17.4 Å². The number of H-pyrrole nitrogens is 1. The van der Waals surface area contributed by atoms with Crippen molar-refractivity contribution in [2.45, 2.75) is 45.9 Å². The zero-order valence-corrected chi connectivity index (χ0v) is 22.3. The first-order chi connectivity index (χ1) is 18.9. The van der Waals surface area contributed by atoms with E-state index in [1.165, 1.54) is 12.1 Å². The lowest BCUT2D eigenvalue weighted by Crippen LogP contribution is -2.32. The lowest BCUT2D eigenvalue weighted by atomic mass is 10.1. The number of halogens is 1. The number of aromatic amines is 1. The lowest BCUT2D eigenvalue weighted by Gasteiger charge is -2.30. The van der Waals surface area contributed by atoms with Crippen molar-refractivity contribution in [3.63, 3.8) is 0 Å². The van der Waals surface area contributed by atoms with E-state index in [0.29, 0.717) is 37.4 Å². The van der Waals surface area contributed by atoms with E-state index >= 15 is 0 Å². The summed E-state index contributed by atoms with van der Waals surface area (Å²) in [5.74, 6) is 1.17. The minimum atomic E-state index is -0.288. The first-order valence-corrected chi connectivity index (χ1v) is 12.9. The average molecular weight is 527 g/mol. The number of benzene rings is 3. The standard InChI is InChI=1S/C30H31FN6O2/c1-4-28(29-33-34-35-37(29)18-22-6-10-25(31)11-7-22)36(17-21-8-12-26(39-3)13-9-21)19-24-16-23-15-20(2)5-14-27(23)32-30(24)38/h5-16,28H,4,17-19H2,1-3H3,(H,32,38)/t28-/m1/s1. The van der Waals surface area contributed by atoms with Gasteiger partial charge < -0.3 is 9.72 Å². The number of nitrogens with one attached hydrogen (secondary N) is 1. The molecule has 0 saturated heterocycles. The number of rotatable bonds is 10. The Morgan fingerprint density at radius 3 is 2.46 bits per heavy atom. The summed E-state index contributed by atoms with van der Waals surface area (Å²) >= 11 is 0. The van der Waals surface area contributed by atoms with Crippen molar-refractivity contribution < 1.29 is 9.13 Å². The average Bonchev–Trinajstić information content (AvgIpc) is 3.39. The highest BCUT2D eigenvalue weighted by Gasteiger charge is 2.26. The summed E-state index contributed by atoms with van der Waals surface area (Å²) in [5, 5.41) is 13.6. The number of pyridine rings is 1. The predicted molar refractivity (Wildman–Crippen MR) is 148 cm³/mol. The Bertz CT molecular complexity index is 1610. The minimum absolute atomic E-state index is 0.119. The molecule has 2 heterocycles. The molecular formula is C30H31FN6O2. The summed E-state index contributed by atoms with van der Waals surface area (Å²) in [7, 11) is 1.64. The number of aromatic nitrogens is 5. The summed E-state index contributed by atoms with van der Waals surface area (Å²) in [4.78, 5) is 18.4. The zero-order valence-electron chi connectivity index (χ0n) is 22.3. The number of ether oxygens (including phenoxy) is 1. The normalized spacial score (nSPS) is 12.2. The molecule has 0 spiro atoms. The fourth-order valence-corrected chi connectivity index (χ4v) is 4.88. The van der Waals surface area contributed by atoms with E-state index in [2.05, 4.69) is 38.4 Å². The van der Waals surface area contributed by atoms with Crippen LogP contribution >= 0.6 is 0 Å². The van der Waals surface area contributed by atoms with Gasteiger partial charge in [-0.05, 0) is 82.7 Å². The molecule has 1 atom stereocenters. The van der Waals surface area contributed by atoms with Crippen LogP contribution in [0.2, 0.25) is 0 Å². The summed E-state index contributed by atoms with van der Waals surface area (Å²) in [6.07, 6.45) is 0.713. The van der Waals surface area contributed by atoms with Gasteiger partial charge in [0, 0.05) is 24.2 Å². The molecule has 9 heteroatoms. The molecule has 0 fully saturated rings. The second-order valence-corrected chi connectivity index (χ2v) is 9.71. The molecule has 5 aromatic rings. The monoisotopic (exact) mass is 526 g/mol. The Morgan fingerprint density at radius 1 is 1.00 bits per heavy atom. The van der Waals surface area contributed by atoms with Gasteiger partial charge in [-0.1, -0.05) is 42.8 Å². The van der Waals surface area contributed by atoms with E-state index in [4.69, 9.17) is 4.74 Å². The highest BCUT2D eigenvalue weighted by Crippen LogP contribution is 2.27. The molecule has 0 amide bonds. The molecule has 2 aromatic heterocycles. The van der Waals surface area contributed by atoms with Crippen molar-refractivity contribution in [1.29, 1.82) is 0 Å². The summed E-state index contributed by atoms with van der Waals surface area (Å²) in [5.41, 5.74) is 4.44. The van der Waals surface area contributed by atoms with Crippen LogP contribution in [0.3, 0.4) is 0 Å². The van der Waals surface area contributed by atoms with Gasteiger partial charge in [-0.15, -0.1) is 5.10 Å². The number of hydrogen-bond acceptors (Lipinski definition) is 6. The molecule has 0 unspecified atom stereocenters. The molecule has 0 aliphatic carbocycles. The molecular weight excluding hydrogens is 495 g/mol. The second kappa shape index (κ2) is 11.6. The van der Waals surface area contributed by atoms with Crippen LogP contribution in [-0.4, -0.2) is 37.2 Å². The topological polar surface area (TPSA) is 88.9 Å². The largest absolute Gasteiger partial charge is 0.497 e. The zero-order chi connectivity index (χ0) is 27.4. The van der Waals surface area contributed by atoms with E-state index in [0.717, 1.165) is 33.3 Å². The van der Waals surface area contributed by atoms with Crippen LogP contribution in [0.4, 0.5) is 4.39 Å². The maximum absolute atomic E-state index is 13.5. The highest BCUT2D eigenvalue weighted by atomic mass is 19.1. The number of methoxy groups -OCH3 is 1. The van der Waals surface area contributed by atoms with Crippen LogP contribution in [-0.2, 0) is 19.6 Å². The number of hydrogen-bond donors (Lipinski definition) is 1. The maximum Gasteiger partial charge on any atom is 0.252 e. The van der Waals surface area contributed by atoms with E-state index in [9.17, 15) is 9.18 Å². The van der Waals surface area contributed by atoms with Crippen molar-refractivity contribution in [3.8, 4) is 5.75 Å². The molecule has 39 heavy (non-hydrogen) atoms. The molecule has 0 saturated carbocycles. The highest BCUT2D eigenvalue weighted by molar-refractivity contribution is 5.79. The number of nitrogens with zero attached hydrogens (tertiary/aromatic N) is 5. The van der Waals surface area contributed by atoms with Gasteiger partial charge >= 0.3 is 0 Å². The Morgan fingerprint density at radius 2 is 1.74 bits per heavy atom. The van der Waals surface area contributed by atoms with Crippen molar-refractivity contribution in [2.75, 3.05) is 7.11 Å². The first-order valence-electron chi connectivity index (χ1n) is 12.9. The predicted octanol–water partition coefficient (Wildman–Crippen LogP) is 5.17. The maximum atomic E-state index is 13.5. The van der Waals surface area contributed by atoms with Gasteiger partial charge in [-0.25, -0.2) is 9.07 Å². The third-order valence-corrected chi connectivity index (χ3v) is 6.93. The van der Waals surface area contributed by atoms with Crippen molar-refractivity contribution in [3.05, 3.63) is 117 Å². The van der Waals surface area contributed by atoms with Crippen molar-refractivity contribution in [1.82, 2.24) is 30.1 Å². The minimum Gasteiger partial charge on any atom is -0.497 e. The lowest BCUT2D eigenvalue weighted by molar-refractivity contribution is 0.161. The van der Waals surface area contributed by atoms with Crippen LogP contribution in [0.1, 0.15) is 47.5 Å². The Kier molecular flexibility index (Phi) is 7.79. The second-order valence-electron chi connectivity index (χ2n) is 9.71. The van der Waals surface area contributed by atoms with E-state index in [1.807, 2.05) is 49.4 Å². The SMILES string of the molecule is CC[C@H](c1nnnn1Cc1ccc(F)cc1)N(Cc1ccc(OC)cc1)Cc1cc2cc(C)ccc2[nH]c1=O. The third kappa shape index (κ3) is 6.04. The summed E-state index contributed by atoms with van der Waals surface area (Å²) in [6, 6.07) is 22.0. The molecule has 5 rings (SSSR count). The molecule has 0 radical (unpaired) electrons. The fourth-order valence-electron chi connectivity index (χ4n) is 4.88. The fraction of sp³-hybridized carbons (Fsp3) is 0.267. The van der Waals surface area contributed by atoms with E-state index < -0.39 is 0 Å². The van der Waals surface area contributed by atoms with Crippen LogP contribution < -0.4 is 10.3 Å². The van der Waals surface area contributed by atoms with Gasteiger partial charge in [-0.3, -0.25) is 9.69 Å². The van der Waals surface area contributed by atoms with E-state index in [1.54, 1.807) is 23.9 Å². The van der Waals surface area contributed by atoms with Crippen LogP contribution in [0.5, 0.6) is 5.75 Å². The Labute approximate surface area is 226 Å². The Hall–Kier alpha value is -4.37. The van der Waals surface area contributed by atoms with Gasteiger partial charge in [0.25, 0.3) is 5.56 Å². The summed E-state index contributed by atoms with van der Waals surface area (Å²) in [6.45, 7) is 5.49. The molecule has 3 aromatic carbocycles. The van der Waals surface area contributed by atoms with Crippen molar-refractivity contribution >= 4 is 10.9 Å². The van der Waals surface area contributed by atoms with Crippen LogP contribution in [0.25, 0.3) is 10.9 Å². The van der Waals surface area contributed by atoms with Gasteiger partial charge in [0.15, 0.2) is 5.82 Å². The molecule has 0 aliphatic heterocycles. The smallest absolute Gasteiger partial charge is 0.252 e. The number of aryl methyl sites for hydroxylation is 1. The molecule has 200 valence electrons. The Balaban J connectivity index is 1.51. The first kappa shape index (κ1) is 26.2. The molecule has 8 nitrogen and oxygen atoms in total. The molecule has 0 aliphatic rings. The molecule has 1 N–H and O–H groups in total. The van der Waals surface area contributed by atoms with Crippen molar-refractivity contribution in [2.24, 2.45) is 0 Å². The molecule has 0 bridgehead atoms. The van der Waals surface area contributed by atoms with Gasteiger partial charge in [0.05, 0.1) is 19.7 Å². The number of tetrazole rings is 1. The third-order valence-electron chi connectivity index (χ3n) is 6.93. The van der Waals surface area contributed by atoms with Gasteiger partial charge in [-0.2, -0.15) is 0 Å². The number of fused-ring (bicyclic) bond motifs is 1. The quantitative estimate of drug-likeness (QED) is 0.270. The van der Waals surface area contributed by atoms with Crippen LogP contribution in [0.15, 0.2) is 77.6 Å².